The molecule has 0 atom stereocenters. The number of hydrogen-bond acceptors (Lipinski definition) is 6. The minimum Gasteiger partial charge on any atom is -0.405 e. The minimum absolute atomic E-state index is 0.0352. The smallest absolute Gasteiger partial charge is 0.405 e. The summed E-state index contributed by atoms with van der Waals surface area (Å²) in [6.07, 6.45) is -3.97. The average Bonchev–Trinajstić information content (AvgIpc) is 2.69. The number of carbonyl (C=O) groups excluding carboxylic acids is 1. The van der Waals surface area contributed by atoms with Crippen LogP contribution >= 0.6 is 11.6 Å². The summed E-state index contributed by atoms with van der Waals surface area (Å²) in [5.41, 5.74) is -0.511. The van der Waals surface area contributed by atoms with E-state index in [4.69, 9.17) is 11.6 Å². The Balaban J connectivity index is 2.21. The number of ether oxygens (including phenoxy) is 1. The van der Waals surface area contributed by atoms with Gasteiger partial charge in [-0.2, -0.15) is 0 Å². The monoisotopic (exact) mass is 488 g/mol. The van der Waals surface area contributed by atoms with Gasteiger partial charge in [0.05, 0.1) is 45.0 Å². The van der Waals surface area contributed by atoms with Crippen molar-refractivity contribution in [1.29, 1.82) is 0 Å². The number of alkyl halides is 3. The van der Waals surface area contributed by atoms with E-state index in [1.165, 1.54) is 13.0 Å². The number of aldehydes is 1. The van der Waals surface area contributed by atoms with Crippen LogP contribution in [-0.2, 0) is 16.4 Å². The molecule has 0 aliphatic carbocycles. The van der Waals surface area contributed by atoms with Gasteiger partial charge < -0.3 is 4.74 Å². The fourth-order valence-corrected chi connectivity index (χ4v) is 4.56. The van der Waals surface area contributed by atoms with Gasteiger partial charge in [-0.05, 0) is 24.6 Å². The van der Waals surface area contributed by atoms with Crippen LogP contribution in [0.5, 0.6) is 5.75 Å². The molecule has 0 bridgehead atoms. The van der Waals surface area contributed by atoms with Crippen molar-refractivity contribution >= 4 is 38.6 Å². The molecule has 0 saturated heterocycles. The zero-order chi connectivity index (χ0) is 23.8. The van der Waals surface area contributed by atoms with Gasteiger partial charge >= 0.3 is 6.36 Å². The molecule has 32 heavy (non-hydrogen) atoms. The first-order valence-electron chi connectivity index (χ1n) is 9.12. The molecule has 7 nitrogen and oxygen atoms in total. The number of hydrogen-bond donors (Lipinski definition) is 0. The molecular formula is C20H16ClF3N2O5S. The summed E-state index contributed by atoms with van der Waals surface area (Å²) in [6, 6.07) is 5.39. The summed E-state index contributed by atoms with van der Waals surface area (Å²) in [4.78, 5) is 28.3. The first kappa shape index (κ1) is 23.7. The van der Waals surface area contributed by atoms with Crippen LogP contribution in [0.25, 0.3) is 10.9 Å². The largest absolute Gasteiger partial charge is 0.573 e. The summed E-state index contributed by atoms with van der Waals surface area (Å²) in [5.74, 6) is -1.10. The molecule has 0 saturated carbocycles. The lowest BCUT2D eigenvalue weighted by atomic mass is 10.1. The lowest BCUT2D eigenvalue weighted by molar-refractivity contribution is -0.274. The lowest BCUT2D eigenvalue weighted by Gasteiger charge is -2.15. The summed E-state index contributed by atoms with van der Waals surface area (Å²) in [5, 5.41) is -0.791. The second-order valence-electron chi connectivity index (χ2n) is 6.86. The zero-order valence-corrected chi connectivity index (χ0v) is 18.3. The van der Waals surface area contributed by atoms with Gasteiger partial charge in [-0.25, -0.2) is 13.4 Å². The lowest BCUT2D eigenvalue weighted by Crippen LogP contribution is -2.23. The Kier molecular flexibility index (Phi) is 6.34. The third-order valence-corrected chi connectivity index (χ3v) is 6.88. The van der Waals surface area contributed by atoms with Crippen LogP contribution in [0.4, 0.5) is 13.2 Å². The number of halogens is 4. The molecule has 0 radical (unpaired) electrons. The van der Waals surface area contributed by atoms with E-state index in [0.717, 1.165) is 22.5 Å². The molecule has 170 valence electrons. The molecule has 1 heterocycles. The number of aryl methyl sites for hydroxylation is 1. The Hall–Kier alpha value is -2.92. The van der Waals surface area contributed by atoms with Gasteiger partial charge in [-0.15, -0.1) is 13.2 Å². The van der Waals surface area contributed by atoms with Crippen LogP contribution in [0.1, 0.15) is 28.4 Å². The second kappa shape index (κ2) is 8.55. The quantitative estimate of drug-likeness (QED) is 0.488. The van der Waals surface area contributed by atoms with Gasteiger partial charge in [0.2, 0.25) is 0 Å². The maximum absolute atomic E-state index is 13.0. The number of sulfone groups is 1. The molecule has 3 rings (SSSR count). The molecule has 0 unspecified atom stereocenters. The molecule has 2 aromatic carbocycles. The van der Waals surface area contributed by atoms with Crippen LogP contribution in [0.3, 0.4) is 0 Å². The van der Waals surface area contributed by atoms with E-state index >= 15 is 0 Å². The van der Waals surface area contributed by atoms with E-state index < -0.39 is 38.1 Å². The fourth-order valence-electron chi connectivity index (χ4n) is 3.16. The highest BCUT2D eigenvalue weighted by atomic mass is 35.5. The predicted molar refractivity (Wildman–Crippen MR) is 111 cm³/mol. The van der Waals surface area contributed by atoms with Crippen LogP contribution in [0.2, 0.25) is 5.02 Å². The highest BCUT2D eigenvalue weighted by Crippen LogP contribution is 2.34. The zero-order valence-electron chi connectivity index (χ0n) is 16.7. The first-order valence-corrected chi connectivity index (χ1v) is 11.2. The van der Waals surface area contributed by atoms with Crippen LogP contribution in [0, 0.1) is 6.92 Å². The van der Waals surface area contributed by atoms with Crippen molar-refractivity contribution in [2.45, 2.75) is 31.7 Å². The Morgan fingerprint density at radius 3 is 2.53 bits per heavy atom. The minimum atomic E-state index is -5.12. The van der Waals surface area contributed by atoms with Gasteiger partial charge in [0.1, 0.15) is 5.75 Å². The van der Waals surface area contributed by atoms with E-state index in [1.54, 1.807) is 19.1 Å². The van der Waals surface area contributed by atoms with Crippen molar-refractivity contribution in [3.8, 4) is 5.75 Å². The summed E-state index contributed by atoms with van der Waals surface area (Å²) in [6.45, 7) is 3.02. The third kappa shape index (κ3) is 4.63. The van der Waals surface area contributed by atoms with Crippen molar-refractivity contribution in [2.75, 3.05) is 5.75 Å². The maximum atomic E-state index is 13.0. The molecule has 12 heteroatoms. The standard InChI is InChI=1S/C20H16ClF3N2O5S/c1-3-32(29,30)16-5-4-11(2)6-12(16)8-26-10-25-18-13(19(26)28)7-15(31-20(22,23)24)14(9-27)17(18)21/h4-7,9-10H,3,8H2,1-2H3. The van der Waals surface area contributed by atoms with Gasteiger partial charge in [0.25, 0.3) is 5.56 Å². The van der Waals surface area contributed by atoms with Gasteiger partial charge in [-0.1, -0.05) is 36.2 Å². The number of nitrogens with zero attached hydrogens (tertiary/aromatic N) is 2. The Bertz CT molecular complexity index is 1380. The number of carbonyl (C=O) groups is 1. The predicted octanol–water partition coefficient (Wildman–Crippen LogP) is 3.91. The fraction of sp³-hybridized carbons (Fsp3) is 0.250. The highest BCUT2D eigenvalue weighted by molar-refractivity contribution is 7.91. The topological polar surface area (TPSA) is 95.3 Å². The maximum Gasteiger partial charge on any atom is 0.573 e. The Morgan fingerprint density at radius 2 is 1.94 bits per heavy atom. The Labute approximate surface area is 185 Å². The van der Waals surface area contributed by atoms with Gasteiger partial charge in [0.15, 0.2) is 16.1 Å². The molecule has 0 amide bonds. The van der Waals surface area contributed by atoms with Crippen molar-refractivity contribution in [2.24, 2.45) is 0 Å². The number of rotatable bonds is 6. The van der Waals surface area contributed by atoms with Crippen LogP contribution in [-0.4, -0.2) is 36.4 Å². The van der Waals surface area contributed by atoms with E-state index in [0.29, 0.717) is 5.56 Å². The van der Waals surface area contributed by atoms with E-state index in [2.05, 4.69) is 9.72 Å². The Morgan fingerprint density at radius 1 is 1.25 bits per heavy atom. The number of aromatic nitrogens is 2. The van der Waals surface area contributed by atoms with Crippen molar-refractivity contribution in [3.63, 3.8) is 0 Å². The van der Waals surface area contributed by atoms with Crippen molar-refractivity contribution in [3.05, 3.63) is 62.7 Å². The van der Waals surface area contributed by atoms with Gasteiger partial charge in [-0.3, -0.25) is 14.2 Å². The van der Waals surface area contributed by atoms with E-state index in [-0.39, 0.29) is 34.4 Å². The molecule has 3 aromatic rings. The highest BCUT2D eigenvalue weighted by Gasteiger charge is 2.33. The van der Waals surface area contributed by atoms with Crippen LogP contribution < -0.4 is 10.3 Å². The SMILES string of the molecule is CCS(=O)(=O)c1ccc(C)cc1Cn1cnc2c(Cl)c(C=O)c(OC(F)(F)F)cc2c1=O. The number of fused-ring (bicyclic) bond motifs is 1. The second-order valence-corrected chi connectivity index (χ2v) is 9.48. The van der Waals surface area contributed by atoms with Crippen molar-refractivity contribution in [1.82, 2.24) is 9.55 Å². The molecule has 0 spiro atoms. The average molecular weight is 489 g/mol. The van der Waals surface area contributed by atoms with E-state index in [1.807, 2.05) is 0 Å². The first-order chi connectivity index (χ1) is 14.9. The number of benzene rings is 2. The normalized spacial score (nSPS) is 12.2. The van der Waals surface area contributed by atoms with Crippen LogP contribution in [0.15, 0.2) is 40.3 Å². The van der Waals surface area contributed by atoms with E-state index in [9.17, 15) is 31.2 Å². The van der Waals surface area contributed by atoms with Crippen molar-refractivity contribution < 1.29 is 31.1 Å². The molecule has 0 aliphatic rings. The summed E-state index contributed by atoms with van der Waals surface area (Å²) >= 11 is 6.02. The molecule has 1 aromatic heterocycles. The molecular weight excluding hydrogens is 473 g/mol. The summed E-state index contributed by atoms with van der Waals surface area (Å²) < 4.78 is 68.0. The third-order valence-electron chi connectivity index (χ3n) is 4.67. The molecule has 0 N–H and O–H groups in total. The van der Waals surface area contributed by atoms with Gasteiger partial charge in [0, 0.05) is 0 Å². The molecule has 0 aliphatic heterocycles. The molecule has 0 fully saturated rings. The summed E-state index contributed by atoms with van der Waals surface area (Å²) in [7, 11) is -3.60.